The van der Waals surface area contributed by atoms with Crippen LogP contribution in [0.1, 0.15) is 19.0 Å². The molecule has 1 saturated heterocycles. The largest absolute Gasteiger partial charge is 0.442 e. The third kappa shape index (κ3) is 2.98. The number of nitrogens with zero attached hydrogens (tertiary/aromatic N) is 3. The van der Waals surface area contributed by atoms with Crippen LogP contribution in [-0.2, 0) is 4.74 Å². The molecule has 4 rings (SSSR count). The number of anilines is 1. The zero-order chi connectivity index (χ0) is 17.6. The molecule has 4 atom stereocenters. The molecule has 0 bridgehead atoms. The highest BCUT2D eigenvalue weighted by atomic mass is 32.1. The fourth-order valence-electron chi connectivity index (χ4n) is 3.65. The van der Waals surface area contributed by atoms with Crippen LogP contribution >= 0.6 is 12.2 Å². The number of carbonyl (C=O) groups excluding carboxylic acids is 1. The van der Waals surface area contributed by atoms with Crippen molar-refractivity contribution in [2.24, 2.45) is 17.8 Å². The Bertz CT molecular complexity index is 798. The summed E-state index contributed by atoms with van der Waals surface area (Å²) in [5, 5.41) is 12.0. The van der Waals surface area contributed by atoms with Crippen molar-refractivity contribution in [3.8, 4) is 6.07 Å². The van der Waals surface area contributed by atoms with Gasteiger partial charge in [0, 0.05) is 0 Å². The summed E-state index contributed by atoms with van der Waals surface area (Å²) in [6.07, 6.45) is 4.23. The quantitative estimate of drug-likeness (QED) is 0.837. The molecule has 25 heavy (non-hydrogen) atoms. The number of aromatic nitrogens is 1. The van der Waals surface area contributed by atoms with Crippen LogP contribution < -0.4 is 10.2 Å². The number of thiocarbonyl (C=S) groups is 1. The number of hydrogen-bond acceptors (Lipinski definition) is 5. The summed E-state index contributed by atoms with van der Waals surface area (Å²) >= 11 is 4.98. The number of nitrogens with one attached hydrogen (secondary N) is 1. The predicted octanol–water partition coefficient (Wildman–Crippen LogP) is 2.52. The van der Waals surface area contributed by atoms with E-state index in [-0.39, 0.29) is 18.1 Å². The Labute approximate surface area is 151 Å². The highest BCUT2D eigenvalue weighted by Crippen LogP contribution is 2.57. The van der Waals surface area contributed by atoms with Gasteiger partial charge in [0.1, 0.15) is 6.10 Å². The summed E-state index contributed by atoms with van der Waals surface area (Å²) in [6, 6.07) is 6.19. The number of cyclic esters (lactones) is 1. The Balaban J connectivity index is 1.41. The molecule has 0 aromatic carbocycles. The van der Waals surface area contributed by atoms with Crippen LogP contribution in [-0.4, -0.2) is 35.3 Å². The maximum Gasteiger partial charge on any atom is 0.414 e. The molecule has 0 unspecified atom stereocenters. The van der Waals surface area contributed by atoms with Crippen molar-refractivity contribution in [1.29, 1.82) is 5.26 Å². The smallest absolute Gasteiger partial charge is 0.414 e. The average Bonchev–Trinajstić information content (AvgIpc) is 2.94. The minimum absolute atomic E-state index is 0.198. The number of nitriles is 1. The van der Waals surface area contributed by atoms with Gasteiger partial charge in [-0.3, -0.25) is 9.88 Å². The second-order valence-corrected chi connectivity index (χ2v) is 7.36. The molecule has 2 fully saturated rings. The van der Waals surface area contributed by atoms with E-state index in [0.717, 1.165) is 17.8 Å². The summed E-state index contributed by atoms with van der Waals surface area (Å²) in [7, 11) is 0. The second-order valence-electron chi connectivity index (χ2n) is 6.75. The van der Waals surface area contributed by atoms with E-state index in [1.807, 2.05) is 12.1 Å². The van der Waals surface area contributed by atoms with Gasteiger partial charge in [-0.15, -0.1) is 0 Å². The van der Waals surface area contributed by atoms with Crippen LogP contribution in [0.2, 0.25) is 0 Å². The topological polar surface area (TPSA) is 78.3 Å². The maximum atomic E-state index is 12.1. The summed E-state index contributed by atoms with van der Waals surface area (Å²) in [5.74, 6) is 1.09. The zero-order valence-electron chi connectivity index (χ0n) is 13.8. The minimum Gasteiger partial charge on any atom is -0.442 e. The van der Waals surface area contributed by atoms with E-state index in [4.69, 9.17) is 22.2 Å². The molecule has 1 saturated carbocycles. The fraction of sp³-hybridized carbons (Fsp3) is 0.444. The molecule has 2 aliphatic carbocycles. The lowest BCUT2D eigenvalue weighted by Gasteiger charge is -2.13. The molecule has 1 aromatic rings. The van der Waals surface area contributed by atoms with E-state index in [0.29, 0.717) is 29.9 Å². The predicted molar refractivity (Wildman–Crippen MR) is 96.8 cm³/mol. The molecule has 1 amide bonds. The van der Waals surface area contributed by atoms with Crippen molar-refractivity contribution >= 4 is 34.6 Å². The zero-order valence-corrected chi connectivity index (χ0v) is 14.6. The van der Waals surface area contributed by atoms with Crippen LogP contribution in [0.15, 0.2) is 24.4 Å². The number of ether oxygens (including phenoxy) is 1. The summed E-state index contributed by atoms with van der Waals surface area (Å²) in [5.41, 5.74) is 2.86. The van der Waals surface area contributed by atoms with Crippen molar-refractivity contribution in [3.05, 3.63) is 30.1 Å². The third-order valence-electron chi connectivity index (χ3n) is 5.07. The van der Waals surface area contributed by atoms with Gasteiger partial charge < -0.3 is 10.1 Å². The standard InChI is InChI=1S/C18H18N4O2S/c1-10(25)20-8-13-9-22(18(23)24-13)12-2-3-17(21-7-12)11-4-14-15(5-11)16(14)6-19/h2-4,7,13-16H,5,8-9H2,1H3,(H,20,25)/t13-,14+,15-,16-/m0/s1. The number of pyridine rings is 1. The van der Waals surface area contributed by atoms with Gasteiger partial charge >= 0.3 is 6.09 Å². The van der Waals surface area contributed by atoms with Crippen LogP contribution in [0.3, 0.4) is 0 Å². The third-order valence-corrected chi connectivity index (χ3v) is 5.21. The highest BCUT2D eigenvalue weighted by molar-refractivity contribution is 7.80. The molecule has 1 N–H and O–H groups in total. The number of allylic oxidation sites excluding steroid dienone is 2. The van der Waals surface area contributed by atoms with Gasteiger partial charge in [-0.2, -0.15) is 5.26 Å². The van der Waals surface area contributed by atoms with Crippen molar-refractivity contribution < 1.29 is 9.53 Å². The van der Waals surface area contributed by atoms with Crippen LogP contribution in [0.5, 0.6) is 0 Å². The van der Waals surface area contributed by atoms with E-state index in [1.165, 1.54) is 5.57 Å². The van der Waals surface area contributed by atoms with Crippen LogP contribution in [0.25, 0.3) is 5.57 Å². The Hall–Kier alpha value is -2.46. The molecule has 3 aliphatic rings. The SMILES string of the molecule is CC(=S)NC[C@H]1CN(c2ccc(C3=C[C@H]4[C@H](C#N)[C@H]4C3)nc2)C(=O)O1. The molecule has 6 nitrogen and oxygen atoms in total. The average molecular weight is 354 g/mol. The van der Waals surface area contributed by atoms with Crippen molar-refractivity contribution in [2.45, 2.75) is 19.4 Å². The molecule has 0 spiro atoms. The van der Waals surface area contributed by atoms with Crippen molar-refractivity contribution in [3.63, 3.8) is 0 Å². The Morgan fingerprint density at radius 1 is 1.56 bits per heavy atom. The molecule has 1 aliphatic heterocycles. The lowest BCUT2D eigenvalue weighted by molar-refractivity contribution is 0.143. The Morgan fingerprint density at radius 2 is 2.40 bits per heavy atom. The monoisotopic (exact) mass is 354 g/mol. The normalized spacial score (nSPS) is 29.5. The summed E-state index contributed by atoms with van der Waals surface area (Å²) in [6.45, 7) is 2.79. The van der Waals surface area contributed by atoms with Gasteiger partial charge in [0.05, 0.1) is 47.6 Å². The number of fused-ring (bicyclic) bond motifs is 1. The minimum atomic E-state index is -0.360. The molecular formula is C18H18N4O2S. The molecule has 2 heterocycles. The number of amides is 1. The fourth-order valence-corrected chi connectivity index (χ4v) is 3.73. The Morgan fingerprint density at radius 3 is 3.00 bits per heavy atom. The molecular weight excluding hydrogens is 336 g/mol. The van der Waals surface area contributed by atoms with E-state index < -0.39 is 0 Å². The molecule has 7 heteroatoms. The van der Waals surface area contributed by atoms with E-state index in [1.54, 1.807) is 18.0 Å². The highest BCUT2D eigenvalue weighted by Gasteiger charge is 2.53. The molecule has 1 aromatic heterocycles. The first kappa shape index (κ1) is 16.0. The van der Waals surface area contributed by atoms with E-state index in [2.05, 4.69) is 22.4 Å². The first-order valence-electron chi connectivity index (χ1n) is 8.36. The van der Waals surface area contributed by atoms with Crippen LogP contribution in [0.4, 0.5) is 10.5 Å². The lowest BCUT2D eigenvalue weighted by Crippen LogP contribution is -2.32. The lowest BCUT2D eigenvalue weighted by atomic mass is 10.1. The van der Waals surface area contributed by atoms with Crippen molar-refractivity contribution in [1.82, 2.24) is 10.3 Å². The van der Waals surface area contributed by atoms with Gasteiger partial charge in [0.2, 0.25) is 0 Å². The van der Waals surface area contributed by atoms with E-state index >= 15 is 0 Å². The first-order chi connectivity index (χ1) is 12.1. The summed E-state index contributed by atoms with van der Waals surface area (Å²) < 4.78 is 5.35. The van der Waals surface area contributed by atoms with Gasteiger partial charge in [0.15, 0.2) is 0 Å². The van der Waals surface area contributed by atoms with Gasteiger partial charge in [-0.25, -0.2) is 4.79 Å². The van der Waals surface area contributed by atoms with Gasteiger partial charge in [-0.05, 0) is 42.9 Å². The van der Waals surface area contributed by atoms with Crippen LogP contribution in [0, 0.1) is 29.1 Å². The first-order valence-corrected chi connectivity index (χ1v) is 8.77. The van der Waals surface area contributed by atoms with E-state index in [9.17, 15) is 4.79 Å². The molecule has 0 radical (unpaired) electrons. The number of carbonyl (C=O) groups is 1. The maximum absolute atomic E-state index is 12.1. The van der Waals surface area contributed by atoms with Gasteiger partial charge in [-0.1, -0.05) is 18.3 Å². The summed E-state index contributed by atoms with van der Waals surface area (Å²) in [4.78, 5) is 18.8. The van der Waals surface area contributed by atoms with Gasteiger partial charge in [0.25, 0.3) is 0 Å². The Kier molecular flexibility index (Phi) is 3.92. The number of rotatable bonds is 4. The van der Waals surface area contributed by atoms with Crippen molar-refractivity contribution in [2.75, 3.05) is 18.0 Å². The molecule has 128 valence electrons. The second kappa shape index (κ2) is 6.12. The number of hydrogen-bond donors (Lipinski definition) is 1.